The molecule has 0 aromatic heterocycles. The highest BCUT2D eigenvalue weighted by Gasteiger charge is 2.07. The van der Waals surface area contributed by atoms with Crippen molar-refractivity contribution in [2.75, 3.05) is 29.2 Å². The minimum Gasteiger partial charge on any atom is -0.497 e. The molecule has 5 nitrogen and oxygen atoms in total. The summed E-state index contributed by atoms with van der Waals surface area (Å²) in [4.78, 5) is 23.8. The maximum Gasteiger partial charge on any atom is 0.234 e. The van der Waals surface area contributed by atoms with Crippen LogP contribution in [0, 0.1) is 6.92 Å². The van der Waals surface area contributed by atoms with Gasteiger partial charge in [0.25, 0.3) is 0 Å². The number of thioether (sulfide) groups is 1. The molecular formula is C18H19ClN2O3S. The van der Waals surface area contributed by atoms with E-state index in [4.69, 9.17) is 16.3 Å². The second kappa shape index (κ2) is 9.34. The molecule has 7 heteroatoms. The van der Waals surface area contributed by atoms with E-state index in [1.807, 2.05) is 13.0 Å². The molecule has 25 heavy (non-hydrogen) atoms. The molecule has 0 aliphatic heterocycles. The number of carbonyl (C=O) groups is 2. The van der Waals surface area contributed by atoms with Crippen molar-refractivity contribution < 1.29 is 14.3 Å². The lowest BCUT2D eigenvalue weighted by molar-refractivity contribution is -0.114. The fourth-order valence-corrected chi connectivity index (χ4v) is 2.77. The van der Waals surface area contributed by atoms with Gasteiger partial charge in [0.1, 0.15) is 5.75 Å². The molecule has 0 saturated carbocycles. The average Bonchev–Trinajstić information content (AvgIpc) is 2.59. The van der Waals surface area contributed by atoms with E-state index in [0.717, 1.165) is 11.3 Å². The Labute approximate surface area is 156 Å². The Morgan fingerprint density at radius 2 is 1.56 bits per heavy atom. The van der Waals surface area contributed by atoms with Crippen LogP contribution in [0.2, 0.25) is 5.02 Å². The molecule has 2 aromatic carbocycles. The lowest BCUT2D eigenvalue weighted by Gasteiger charge is -2.08. The molecule has 0 fully saturated rings. The molecular weight excluding hydrogens is 360 g/mol. The van der Waals surface area contributed by atoms with Crippen LogP contribution < -0.4 is 15.4 Å². The molecule has 0 saturated heterocycles. The zero-order valence-corrected chi connectivity index (χ0v) is 15.5. The van der Waals surface area contributed by atoms with E-state index in [-0.39, 0.29) is 23.3 Å². The predicted molar refractivity (Wildman–Crippen MR) is 104 cm³/mol. The molecule has 0 bridgehead atoms. The number of halogens is 1. The van der Waals surface area contributed by atoms with Crippen LogP contribution in [0.3, 0.4) is 0 Å². The first kappa shape index (κ1) is 19.1. The normalized spacial score (nSPS) is 10.2. The first-order chi connectivity index (χ1) is 12.0. The van der Waals surface area contributed by atoms with Crippen molar-refractivity contribution in [1.82, 2.24) is 0 Å². The Morgan fingerprint density at radius 1 is 1.00 bits per heavy atom. The lowest BCUT2D eigenvalue weighted by Crippen LogP contribution is -2.18. The molecule has 0 spiro atoms. The van der Waals surface area contributed by atoms with Crippen LogP contribution in [0.4, 0.5) is 11.4 Å². The highest BCUT2D eigenvalue weighted by atomic mass is 35.5. The molecule has 2 aromatic rings. The summed E-state index contributed by atoms with van der Waals surface area (Å²) in [6.07, 6.45) is 0. The highest BCUT2D eigenvalue weighted by Crippen LogP contribution is 2.20. The molecule has 0 aliphatic rings. The second-order valence-corrected chi connectivity index (χ2v) is 6.67. The molecule has 0 heterocycles. The first-order valence-electron chi connectivity index (χ1n) is 7.55. The minimum atomic E-state index is -0.179. The third kappa shape index (κ3) is 6.32. The summed E-state index contributed by atoms with van der Waals surface area (Å²) in [6, 6.07) is 12.4. The Hall–Kier alpha value is -2.18. The standard InChI is InChI=1S/C18H19ClN2O3S/c1-12-3-4-14(9-16(12)19)21-18(23)11-25-10-17(22)20-13-5-7-15(24-2)8-6-13/h3-9H,10-11H2,1-2H3,(H,20,22)(H,21,23). The second-order valence-electron chi connectivity index (χ2n) is 5.28. The molecule has 0 unspecified atom stereocenters. The molecule has 132 valence electrons. The number of hydrogen-bond donors (Lipinski definition) is 2. The number of ether oxygens (including phenoxy) is 1. The van der Waals surface area contributed by atoms with E-state index in [9.17, 15) is 9.59 Å². The number of nitrogens with one attached hydrogen (secondary N) is 2. The van der Waals surface area contributed by atoms with Crippen molar-refractivity contribution in [1.29, 1.82) is 0 Å². The van der Waals surface area contributed by atoms with E-state index >= 15 is 0 Å². The third-order valence-corrected chi connectivity index (χ3v) is 4.64. The van der Waals surface area contributed by atoms with E-state index in [0.29, 0.717) is 16.4 Å². The van der Waals surface area contributed by atoms with Gasteiger partial charge in [-0.2, -0.15) is 0 Å². The number of rotatable bonds is 7. The van der Waals surface area contributed by atoms with Gasteiger partial charge in [0.15, 0.2) is 0 Å². The summed E-state index contributed by atoms with van der Waals surface area (Å²) in [7, 11) is 1.58. The summed E-state index contributed by atoms with van der Waals surface area (Å²) in [5.74, 6) is 0.749. The van der Waals surface area contributed by atoms with Crippen molar-refractivity contribution in [2.45, 2.75) is 6.92 Å². The predicted octanol–water partition coefficient (Wildman–Crippen LogP) is 3.97. The van der Waals surface area contributed by atoms with Crippen molar-refractivity contribution in [3.8, 4) is 5.75 Å². The van der Waals surface area contributed by atoms with Crippen molar-refractivity contribution >= 4 is 46.6 Å². The number of hydrogen-bond acceptors (Lipinski definition) is 4. The van der Waals surface area contributed by atoms with Crippen molar-refractivity contribution in [3.63, 3.8) is 0 Å². The van der Waals surface area contributed by atoms with Crippen molar-refractivity contribution in [3.05, 3.63) is 53.1 Å². The van der Waals surface area contributed by atoms with E-state index in [1.54, 1.807) is 43.5 Å². The van der Waals surface area contributed by atoms with Gasteiger partial charge in [0.2, 0.25) is 11.8 Å². The molecule has 2 N–H and O–H groups in total. The van der Waals surface area contributed by atoms with E-state index in [2.05, 4.69) is 10.6 Å². The average molecular weight is 379 g/mol. The summed E-state index contributed by atoms with van der Waals surface area (Å²) in [6.45, 7) is 1.89. The smallest absolute Gasteiger partial charge is 0.234 e. The summed E-state index contributed by atoms with van der Waals surface area (Å²) < 4.78 is 5.06. The molecule has 2 amide bonds. The number of aryl methyl sites for hydroxylation is 1. The number of anilines is 2. The number of carbonyl (C=O) groups excluding carboxylic acids is 2. The van der Waals surface area contributed by atoms with Gasteiger partial charge in [-0.05, 0) is 48.9 Å². The van der Waals surface area contributed by atoms with Gasteiger partial charge >= 0.3 is 0 Å². The van der Waals surface area contributed by atoms with Gasteiger partial charge in [-0.15, -0.1) is 11.8 Å². The van der Waals surface area contributed by atoms with Gasteiger partial charge in [-0.3, -0.25) is 9.59 Å². The van der Waals surface area contributed by atoms with Gasteiger partial charge in [-0.25, -0.2) is 0 Å². The maximum atomic E-state index is 11.9. The highest BCUT2D eigenvalue weighted by molar-refractivity contribution is 8.00. The van der Waals surface area contributed by atoms with Gasteiger partial charge in [0, 0.05) is 16.4 Å². The van der Waals surface area contributed by atoms with Crippen LogP contribution in [0.15, 0.2) is 42.5 Å². The zero-order valence-electron chi connectivity index (χ0n) is 14.0. The van der Waals surface area contributed by atoms with Gasteiger partial charge in [0.05, 0.1) is 18.6 Å². The maximum absolute atomic E-state index is 11.9. The lowest BCUT2D eigenvalue weighted by atomic mass is 10.2. The molecule has 2 rings (SSSR count). The van der Waals surface area contributed by atoms with E-state index in [1.165, 1.54) is 11.8 Å². The first-order valence-corrected chi connectivity index (χ1v) is 9.09. The monoisotopic (exact) mass is 378 g/mol. The number of methoxy groups -OCH3 is 1. The van der Waals surface area contributed by atoms with Crippen LogP contribution in [0.1, 0.15) is 5.56 Å². The Kier molecular flexibility index (Phi) is 7.16. The molecule has 0 atom stereocenters. The fraction of sp³-hybridized carbons (Fsp3) is 0.222. The van der Waals surface area contributed by atoms with Crippen LogP contribution in [-0.2, 0) is 9.59 Å². The Bertz CT molecular complexity index is 750. The quantitative estimate of drug-likeness (QED) is 0.765. The molecule has 0 radical (unpaired) electrons. The fourth-order valence-electron chi connectivity index (χ4n) is 1.98. The Balaban J connectivity index is 1.72. The SMILES string of the molecule is COc1ccc(NC(=O)CSCC(=O)Nc2ccc(C)c(Cl)c2)cc1. The van der Waals surface area contributed by atoms with Crippen LogP contribution in [0.5, 0.6) is 5.75 Å². The third-order valence-electron chi connectivity index (χ3n) is 3.30. The Morgan fingerprint density at radius 3 is 2.12 bits per heavy atom. The number of benzene rings is 2. The van der Waals surface area contributed by atoms with Crippen LogP contribution in [-0.4, -0.2) is 30.4 Å². The zero-order chi connectivity index (χ0) is 18.2. The van der Waals surface area contributed by atoms with Crippen LogP contribution >= 0.6 is 23.4 Å². The topological polar surface area (TPSA) is 67.4 Å². The minimum absolute atomic E-state index is 0.165. The summed E-state index contributed by atoms with van der Waals surface area (Å²) in [5, 5.41) is 6.12. The van der Waals surface area contributed by atoms with Crippen molar-refractivity contribution in [2.24, 2.45) is 0 Å². The molecule has 0 aliphatic carbocycles. The largest absolute Gasteiger partial charge is 0.497 e. The van der Waals surface area contributed by atoms with Gasteiger partial charge < -0.3 is 15.4 Å². The van der Waals surface area contributed by atoms with Gasteiger partial charge in [-0.1, -0.05) is 17.7 Å². The summed E-state index contributed by atoms with van der Waals surface area (Å²) >= 11 is 7.26. The summed E-state index contributed by atoms with van der Waals surface area (Å²) in [5.41, 5.74) is 2.28. The van der Waals surface area contributed by atoms with E-state index < -0.39 is 0 Å². The number of amides is 2. The van der Waals surface area contributed by atoms with Crippen LogP contribution in [0.25, 0.3) is 0 Å².